The minimum absolute atomic E-state index is 0.0370. The van der Waals surface area contributed by atoms with Gasteiger partial charge in [0.05, 0.1) is 25.4 Å². The minimum Gasteiger partial charge on any atom is -0.345 e. The van der Waals surface area contributed by atoms with E-state index in [1.807, 2.05) is 0 Å². The molecule has 4 nitrogen and oxygen atoms in total. The molecule has 0 amide bonds. The van der Waals surface area contributed by atoms with Crippen LogP contribution in [-0.4, -0.2) is 48.3 Å². The molecule has 44 heavy (non-hydrogen) atoms. The van der Waals surface area contributed by atoms with Crippen LogP contribution in [0.4, 0.5) is 0 Å². The van der Waals surface area contributed by atoms with Crippen LogP contribution in [0.25, 0.3) is 0 Å². The third kappa shape index (κ3) is 5.39. The van der Waals surface area contributed by atoms with Crippen LogP contribution in [0.15, 0.2) is 121 Å². The van der Waals surface area contributed by atoms with E-state index in [1.54, 1.807) is 0 Å². The predicted octanol–water partition coefficient (Wildman–Crippen LogP) is 6.83. The summed E-state index contributed by atoms with van der Waals surface area (Å²) in [6.45, 7) is 5.52. The summed E-state index contributed by atoms with van der Waals surface area (Å²) in [5.74, 6) is -2.13. The number of hydrogen-bond acceptors (Lipinski definition) is 4. The molecule has 0 aromatic heterocycles. The number of fused-ring (bicyclic) bond motifs is 1. The lowest BCUT2D eigenvalue weighted by molar-refractivity contribution is -0.473. The molecule has 3 aliphatic rings. The fraction of sp³-hybridized carbons (Fsp3) is 0.368. The highest BCUT2D eigenvalue weighted by Crippen LogP contribution is 2.63. The van der Waals surface area contributed by atoms with Gasteiger partial charge in [-0.15, -0.1) is 0 Å². The fourth-order valence-corrected chi connectivity index (χ4v) is 13.5. The molecule has 4 aromatic carbocycles. The van der Waals surface area contributed by atoms with Crippen LogP contribution in [0.2, 0.25) is 0 Å². The van der Waals surface area contributed by atoms with Gasteiger partial charge in [-0.25, -0.2) is 0 Å². The maximum absolute atomic E-state index is 7.36. The van der Waals surface area contributed by atoms with Crippen molar-refractivity contribution in [2.45, 2.75) is 74.6 Å². The highest BCUT2D eigenvalue weighted by molar-refractivity contribution is 7.74. The smallest absolute Gasteiger partial charge is 0.232 e. The molecule has 3 saturated heterocycles. The summed E-state index contributed by atoms with van der Waals surface area (Å²) < 4.78 is 29.1. The Hall–Kier alpha value is -2.42. The fourth-order valence-electron chi connectivity index (χ4n) is 7.34. The number of hydrogen-bond donors (Lipinski definition) is 0. The van der Waals surface area contributed by atoms with Crippen molar-refractivity contribution in [1.29, 1.82) is 0 Å². The van der Waals surface area contributed by atoms with Gasteiger partial charge in [0.15, 0.2) is 0 Å². The van der Waals surface area contributed by atoms with Crippen LogP contribution in [0.1, 0.15) is 39.5 Å². The van der Waals surface area contributed by atoms with E-state index >= 15 is 0 Å². The Balaban J connectivity index is 1.45. The van der Waals surface area contributed by atoms with Crippen molar-refractivity contribution in [3.8, 4) is 0 Å². The van der Waals surface area contributed by atoms with Crippen LogP contribution in [0.5, 0.6) is 0 Å². The van der Waals surface area contributed by atoms with Crippen molar-refractivity contribution in [3.63, 3.8) is 0 Å². The van der Waals surface area contributed by atoms with E-state index in [9.17, 15) is 0 Å². The predicted molar refractivity (Wildman–Crippen MR) is 183 cm³/mol. The molecule has 6 heteroatoms. The first-order chi connectivity index (χ1) is 21.6. The van der Waals surface area contributed by atoms with Crippen LogP contribution in [0, 0.1) is 0 Å². The second-order valence-electron chi connectivity index (χ2n) is 12.1. The lowest BCUT2D eigenvalue weighted by Crippen LogP contribution is -2.77. The Morgan fingerprint density at radius 1 is 0.477 bits per heavy atom. The number of benzene rings is 4. The van der Waals surface area contributed by atoms with Gasteiger partial charge in [-0.1, -0.05) is 121 Å². The normalized spacial score (nSPS) is 30.6. The molecule has 0 radical (unpaired) electrons. The van der Waals surface area contributed by atoms with Crippen molar-refractivity contribution in [1.82, 2.24) is 0 Å². The largest absolute Gasteiger partial charge is 0.345 e. The molecule has 6 unspecified atom stereocenters. The quantitative estimate of drug-likeness (QED) is 0.221. The molecular formula is C38H42O4P2. The molecule has 7 rings (SSSR count). The van der Waals surface area contributed by atoms with Gasteiger partial charge in [0.25, 0.3) is 0 Å². The maximum Gasteiger partial charge on any atom is 0.232 e. The zero-order chi connectivity index (χ0) is 30.0. The summed E-state index contributed by atoms with van der Waals surface area (Å²) in [5.41, 5.74) is 0.0741. The van der Waals surface area contributed by atoms with Crippen LogP contribution in [-0.2, 0) is 18.9 Å². The van der Waals surface area contributed by atoms with Crippen LogP contribution in [0.3, 0.4) is 0 Å². The van der Waals surface area contributed by atoms with Crippen molar-refractivity contribution >= 4 is 37.1 Å². The zero-order valence-electron chi connectivity index (χ0n) is 25.6. The Labute approximate surface area is 264 Å². The molecule has 3 aliphatic heterocycles. The lowest BCUT2D eigenvalue weighted by Gasteiger charge is -2.63. The monoisotopic (exact) mass is 624 g/mol. The van der Waals surface area contributed by atoms with Crippen molar-refractivity contribution in [2.24, 2.45) is 0 Å². The highest BCUT2D eigenvalue weighted by atomic mass is 31.1. The summed E-state index contributed by atoms with van der Waals surface area (Å²) in [4.78, 5) is 0. The summed E-state index contributed by atoms with van der Waals surface area (Å²) in [6, 6.07) is 43.9. The molecule has 228 valence electrons. The first-order valence-electron chi connectivity index (χ1n) is 16.1. The summed E-state index contributed by atoms with van der Waals surface area (Å²) >= 11 is 0. The Kier molecular flexibility index (Phi) is 9.03. The molecule has 0 N–H and O–H groups in total. The first kappa shape index (κ1) is 30.2. The van der Waals surface area contributed by atoms with Crippen molar-refractivity contribution in [2.75, 3.05) is 13.2 Å². The van der Waals surface area contributed by atoms with Gasteiger partial charge in [0, 0.05) is 11.3 Å². The zero-order valence-corrected chi connectivity index (χ0v) is 27.4. The van der Waals surface area contributed by atoms with E-state index in [4.69, 9.17) is 18.9 Å². The molecule has 4 aromatic rings. The third-order valence-corrected chi connectivity index (χ3v) is 15.2. The van der Waals surface area contributed by atoms with Gasteiger partial charge < -0.3 is 18.9 Å². The summed E-state index contributed by atoms with van der Waals surface area (Å²) in [5, 5.41) is 5.31. The summed E-state index contributed by atoms with van der Waals surface area (Å²) in [7, 11) is -1.75. The van der Waals surface area contributed by atoms with Gasteiger partial charge in [0.2, 0.25) is 11.6 Å². The van der Waals surface area contributed by atoms with Gasteiger partial charge in [-0.3, -0.25) is 0 Å². The molecule has 3 heterocycles. The Bertz CT molecular complexity index is 1300. The van der Waals surface area contributed by atoms with Crippen molar-refractivity contribution in [3.05, 3.63) is 121 Å². The molecule has 0 saturated carbocycles. The van der Waals surface area contributed by atoms with Gasteiger partial charge in [-0.05, 0) is 76.6 Å². The van der Waals surface area contributed by atoms with E-state index in [1.165, 1.54) is 21.2 Å². The van der Waals surface area contributed by atoms with Crippen LogP contribution >= 0.6 is 15.8 Å². The average molecular weight is 625 g/mol. The topological polar surface area (TPSA) is 36.9 Å². The van der Waals surface area contributed by atoms with E-state index in [2.05, 4.69) is 135 Å². The maximum atomic E-state index is 7.36. The molecule has 0 bridgehead atoms. The number of rotatable bonds is 6. The van der Waals surface area contributed by atoms with Gasteiger partial charge in [-0.2, -0.15) is 0 Å². The highest BCUT2D eigenvalue weighted by Gasteiger charge is 2.71. The second-order valence-corrected chi connectivity index (χ2v) is 16.9. The van der Waals surface area contributed by atoms with E-state index in [0.29, 0.717) is 13.2 Å². The SMILES string of the molecule is CC1OC2(OCCCC2P(c2ccccc2)c2ccccc2)C2(OCCCC2P(c2ccccc2)c2ccccc2)OC1C. The average Bonchev–Trinajstić information content (AvgIpc) is 3.08. The van der Waals surface area contributed by atoms with Gasteiger partial charge in [0.1, 0.15) is 0 Å². The molecular weight excluding hydrogens is 582 g/mol. The minimum atomic E-state index is -1.07. The molecule has 3 fully saturated rings. The number of ether oxygens (including phenoxy) is 4. The van der Waals surface area contributed by atoms with Gasteiger partial charge >= 0.3 is 0 Å². The second kappa shape index (κ2) is 13.1. The lowest BCUT2D eigenvalue weighted by atomic mass is 9.87. The van der Waals surface area contributed by atoms with E-state index in [-0.39, 0.29) is 23.5 Å². The Morgan fingerprint density at radius 2 is 0.773 bits per heavy atom. The van der Waals surface area contributed by atoms with Crippen molar-refractivity contribution < 1.29 is 18.9 Å². The first-order valence-corrected chi connectivity index (χ1v) is 18.9. The molecule has 6 atom stereocenters. The van der Waals surface area contributed by atoms with E-state index < -0.39 is 27.4 Å². The van der Waals surface area contributed by atoms with Crippen LogP contribution < -0.4 is 21.2 Å². The molecule has 2 spiro atoms. The Morgan fingerprint density at radius 3 is 1.07 bits per heavy atom. The standard InChI is InChI=1S/C38H42O4P2/c1-29-30(2)42-38(36(26-16-28-40-38)44(33-21-11-5-12-22-33)34-23-13-6-14-24-34)37(41-29)35(25-15-27-39-37)43(31-17-7-3-8-18-31)32-19-9-4-10-20-32/h3-14,17-24,29-30,35-36H,15-16,25-28H2,1-2H3. The summed E-state index contributed by atoms with van der Waals surface area (Å²) in [6.07, 6.45) is 3.63. The molecule has 0 aliphatic carbocycles. The third-order valence-electron chi connectivity index (χ3n) is 9.38. The van der Waals surface area contributed by atoms with E-state index in [0.717, 1.165) is 25.7 Å².